The van der Waals surface area contributed by atoms with Crippen molar-refractivity contribution in [1.29, 1.82) is 0 Å². The van der Waals surface area contributed by atoms with Crippen molar-refractivity contribution in [2.45, 2.75) is 26.1 Å². The molecule has 0 spiro atoms. The quantitative estimate of drug-likeness (QED) is 0.787. The van der Waals surface area contributed by atoms with Gasteiger partial charge in [0.1, 0.15) is 0 Å². The number of urea groups is 1. The van der Waals surface area contributed by atoms with Gasteiger partial charge in [-0.3, -0.25) is 9.58 Å². The number of carbonyl (C=O) groups excluding carboxylic acids is 1. The molecule has 2 aromatic rings. The van der Waals surface area contributed by atoms with Gasteiger partial charge in [0.15, 0.2) is 0 Å². The molecule has 0 radical (unpaired) electrons. The third-order valence-corrected chi connectivity index (χ3v) is 4.46. The van der Waals surface area contributed by atoms with E-state index in [1.54, 1.807) is 6.20 Å². The molecule has 7 heteroatoms. The molecule has 1 fully saturated rings. The molecule has 1 aromatic heterocycles. The van der Waals surface area contributed by atoms with Crippen molar-refractivity contribution in [3.63, 3.8) is 0 Å². The van der Waals surface area contributed by atoms with Crippen molar-refractivity contribution in [1.82, 2.24) is 25.3 Å². The van der Waals surface area contributed by atoms with Crippen LogP contribution in [0.15, 0.2) is 42.7 Å². The number of hydrogen-bond donors (Lipinski definition) is 2. The number of amides is 2. The van der Waals surface area contributed by atoms with Crippen molar-refractivity contribution in [3.8, 4) is 0 Å². The molecule has 0 aliphatic carbocycles. The van der Waals surface area contributed by atoms with Crippen LogP contribution < -0.4 is 10.6 Å². The van der Waals surface area contributed by atoms with E-state index in [0.717, 1.165) is 44.0 Å². The summed E-state index contributed by atoms with van der Waals surface area (Å²) in [7, 11) is 0. The van der Waals surface area contributed by atoms with E-state index in [-0.39, 0.29) is 12.1 Å². The van der Waals surface area contributed by atoms with E-state index in [1.165, 1.54) is 0 Å². The largest absolute Gasteiger partial charge is 0.379 e. The third-order valence-electron chi connectivity index (χ3n) is 4.46. The molecule has 140 valence electrons. The maximum Gasteiger partial charge on any atom is 0.315 e. The lowest BCUT2D eigenvalue weighted by Gasteiger charge is -2.29. The van der Waals surface area contributed by atoms with E-state index >= 15 is 0 Å². The molecular weight excluding hydrogens is 330 g/mol. The number of nitrogens with one attached hydrogen (secondary N) is 2. The molecule has 3 rings (SSSR count). The second-order valence-corrected chi connectivity index (χ2v) is 6.61. The van der Waals surface area contributed by atoms with Crippen LogP contribution >= 0.6 is 0 Å². The van der Waals surface area contributed by atoms with Crippen LogP contribution in [0.25, 0.3) is 0 Å². The van der Waals surface area contributed by atoms with Crippen LogP contribution in [0.3, 0.4) is 0 Å². The summed E-state index contributed by atoms with van der Waals surface area (Å²) >= 11 is 0. The predicted molar refractivity (Wildman–Crippen MR) is 99.9 cm³/mol. The van der Waals surface area contributed by atoms with Crippen LogP contribution in [0.4, 0.5) is 4.79 Å². The second kappa shape index (κ2) is 9.35. The molecule has 26 heavy (non-hydrogen) atoms. The van der Waals surface area contributed by atoms with Crippen molar-refractivity contribution in [3.05, 3.63) is 53.9 Å². The second-order valence-electron chi connectivity index (χ2n) is 6.61. The summed E-state index contributed by atoms with van der Waals surface area (Å²) in [6.45, 7) is 7.45. The van der Waals surface area contributed by atoms with Crippen molar-refractivity contribution in [2.75, 3.05) is 32.8 Å². The van der Waals surface area contributed by atoms with Crippen LogP contribution in [0, 0.1) is 0 Å². The van der Waals surface area contributed by atoms with E-state index in [1.807, 2.05) is 42.1 Å². The Morgan fingerprint density at radius 1 is 1.23 bits per heavy atom. The van der Waals surface area contributed by atoms with Gasteiger partial charge in [0.25, 0.3) is 0 Å². The van der Waals surface area contributed by atoms with Crippen LogP contribution in [-0.4, -0.2) is 59.6 Å². The molecule has 0 saturated carbocycles. The number of carbonyl (C=O) groups is 1. The Balaban J connectivity index is 1.46. The fourth-order valence-corrected chi connectivity index (χ4v) is 3.12. The first kappa shape index (κ1) is 18.4. The number of ether oxygens (including phenoxy) is 1. The van der Waals surface area contributed by atoms with Gasteiger partial charge >= 0.3 is 6.03 Å². The first-order valence-corrected chi connectivity index (χ1v) is 9.09. The molecule has 1 aromatic carbocycles. The molecule has 1 saturated heterocycles. The Kier molecular flexibility index (Phi) is 6.62. The van der Waals surface area contributed by atoms with Gasteiger partial charge in [-0.2, -0.15) is 5.10 Å². The third kappa shape index (κ3) is 5.57. The Bertz CT molecular complexity index is 683. The first-order valence-electron chi connectivity index (χ1n) is 9.09. The minimum absolute atomic E-state index is 0.0902. The summed E-state index contributed by atoms with van der Waals surface area (Å²) in [5.74, 6) is 0. The van der Waals surface area contributed by atoms with Crippen LogP contribution in [0.2, 0.25) is 0 Å². The maximum absolute atomic E-state index is 12.2. The van der Waals surface area contributed by atoms with Crippen LogP contribution in [0.1, 0.15) is 18.1 Å². The van der Waals surface area contributed by atoms with E-state index in [2.05, 4.69) is 26.7 Å². The highest BCUT2D eigenvalue weighted by Crippen LogP contribution is 2.10. The Morgan fingerprint density at radius 2 is 2.00 bits per heavy atom. The zero-order chi connectivity index (χ0) is 18.2. The topological polar surface area (TPSA) is 71.4 Å². The highest BCUT2D eigenvalue weighted by Gasteiger charge is 2.15. The molecule has 0 bridgehead atoms. The molecule has 1 atom stereocenters. The highest BCUT2D eigenvalue weighted by molar-refractivity contribution is 5.74. The number of nitrogens with zero attached hydrogens (tertiary/aromatic N) is 3. The van der Waals surface area contributed by atoms with E-state index in [0.29, 0.717) is 13.1 Å². The Hall–Kier alpha value is -2.38. The summed E-state index contributed by atoms with van der Waals surface area (Å²) in [6.07, 6.45) is 3.70. The molecule has 1 aliphatic rings. The molecule has 2 amide bonds. The normalized spacial score (nSPS) is 16.2. The number of morpholine rings is 1. The zero-order valence-corrected chi connectivity index (χ0v) is 15.2. The summed E-state index contributed by atoms with van der Waals surface area (Å²) < 4.78 is 7.23. The number of benzene rings is 1. The lowest BCUT2D eigenvalue weighted by atomic mass is 10.1. The average molecular weight is 357 g/mol. The van der Waals surface area contributed by atoms with Gasteiger partial charge in [-0.05, 0) is 24.1 Å². The van der Waals surface area contributed by atoms with Gasteiger partial charge in [0, 0.05) is 44.6 Å². The van der Waals surface area contributed by atoms with Gasteiger partial charge in [0.05, 0.1) is 19.8 Å². The van der Waals surface area contributed by atoms with E-state index in [4.69, 9.17) is 4.74 Å². The van der Waals surface area contributed by atoms with Crippen molar-refractivity contribution in [2.24, 2.45) is 0 Å². The van der Waals surface area contributed by atoms with Gasteiger partial charge in [0.2, 0.25) is 0 Å². The predicted octanol–water partition coefficient (Wildman–Crippen LogP) is 1.45. The molecule has 7 nitrogen and oxygen atoms in total. The minimum Gasteiger partial charge on any atom is -0.379 e. The smallest absolute Gasteiger partial charge is 0.315 e. The summed E-state index contributed by atoms with van der Waals surface area (Å²) in [6, 6.07) is 9.96. The summed E-state index contributed by atoms with van der Waals surface area (Å²) in [5.41, 5.74) is 2.25. The number of rotatable bonds is 7. The molecule has 2 heterocycles. The van der Waals surface area contributed by atoms with Gasteiger partial charge in [-0.1, -0.05) is 24.3 Å². The first-order chi connectivity index (χ1) is 12.7. The summed E-state index contributed by atoms with van der Waals surface area (Å²) in [4.78, 5) is 14.5. The van der Waals surface area contributed by atoms with Crippen LogP contribution in [0.5, 0.6) is 0 Å². The summed E-state index contributed by atoms with van der Waals surface area (Å²) in [5, 5.41) is 10.2. The van der Waals surface area contributed by atoms with E-state index < -0.39 is 0 Å². The SMILES string of the molecule is CC(CN1CCOCC1)NC(=O)NCc1ccccc1Cn1cccn1. The van der Waals surface area contributed by atoms with E-state index in [9.17, 15) is 4.79 Å². The van der Waals surface area contributed by atoms with Gasteiger partial charge in [-0.25, -0.2) is 4.79 Å². The fraction of sp³-hybridized carbons (Fsp3) is 0.474. The zero-order valence-electron chi connectivity index (χ0n) is 15.2. The lowest BCUT2D eigenvalue weighted by molar-refractivity contribution is 0.0349. The van der Waals surface area contributed by atoms with Crippen LogP contribution in [-0.2, 0) is 17.8 Å². The Morgan fingerprint density at radius 3 is 2.73 bits per heavy atom. The number of aromatic nitrogens is 2. The van der Waals surface area contributed by atoms with Gasteiger partial charge in [-0.15, -0.1) is 0 Å². The monoisotopic (exact) mass is 357 g/mol. The highest BCUT2D eigenvalue weighted by atomic mass is 16.5. The number of hydrogen-bond acceptors (Lipinski definition) is 4. The van der Waals surface area contributed by atoms with Crippen molar-refractivity contribution < 1.29 is 9.53 Å². The molecule has 1 unspecified atom stereocenters. The molecule has 2 N–H and O–H groups in total. The molecular formula is C19H27N5O2. The lowest BCUT2D eigenvalue weighted by Crippen LogP contribution is -2.48. The Labute approximate surface area is 154 Å². The standard InChI is InChI=1S/C19H27N5O2/c1-16(14-23-9-11-26-12-10-23)22-19(25)20-13-17-5-2-3-6-18(17)15-24-8-4-7-21-24/h2-8,16H,9-15H2,1H3,(H2,20,22,25). The molecule has 1 aliphatic heterocycles. The average Bonchev–Trinajstić information content (AvgIpc) is 3.15. The minimum atomic E-state index is -0.139. The van der Waals surface area contributed by atoms with Gasteiger partial charge < -0.3 is 15.4 Å². The van der Waals surface area contributed by atoms with Crippen molar-refractivity contribution >= 4 is 6.03 Å². The fourth-order valence-electron chi connectivity index (χ4n) is 3.12. The maximum atomic E-state index is 12.2.